The van der Waals surface area contributed by atoms with Gasteiger partial charge in [0.15, 0.2) is 0 Å². The first-order valence-corrected chi connectivity index (χ1v) is 11.5. The van der Waals surface area contributed by atoms with Crippen molar-refractivity contribution in [2.45, 2.75) is 6.92 Å². The van der Waals surface area contributed by atoms with Crippen LogP contribution in [0.3, 0.4) is 0 Å². The van der Waals surface area contributed by atoms with Crippen LogP contribution in [0, 0.1) is 6.92 Å². The monoisotopic (exact) mass is 490 g/mol. The number of ether oxygens (including phenoxy) is 2. The van der Waals surface area contributed by atoms with Crippen LogP contribution in [0.5, 0.6) is 17.2 Å². The molecular weight excluding hydrogens is 467 g/mol. The van der Waals surface area contributed by atoms with Crippen LogP contribution in [-0.2, 0) is 7.05 Å². The molecule has 9 heteroatoms. The summed E-state index contributed by atoms with van der Waals surface area (Å²) in [5.74, 6) is 1.18. The molecule has 0 saturated heterocycles. The molecule has 2 heterocycles. The van der Waals surface area contributed by atoms with Crippen LogP contribution in [-0.4, -0.2) is 35.2 Å². The van der Waals surface area contributed by atoms with E-state index in [2.05, 4.69) is 10.3 Å². The van der Waals surface area contributed by atoms with E-state index in [1.807, 2.05) is 48.5 Å². The number of carbonyl (C=O) groups excluding carboxylic acids is 1. The maximum Gasteiger partial charge on any atom is 0.284 e. The first kappa shape index (κ1) is 23.9. The third-order valence-electron chi connectivity index (χ3n) is 6.18. The van der Waals surface area contributed by atoms with Crippen molar-refractivity contribution in [3.63, 3.8) is 0 Å². The lowest BCUT2D eigenvalue weighted by Crippen LogP contribution is -2.25. The Hall–Kier alpha value is -4.79. The number of carbonyl (C=O) groups is 1. The topological polar surface area (TPSA) is 87.4 Å². The second kappa shape index (κ2) is 9.70. The van der Waals surface area contributed by atoms with Crippen LogP contribution in [0.4, 0.5) is 5.69 Å². The summed E-state index contributed by atoms with van der Waals surface area (Å²) in [5.41, 5.74) is 2.35. The van der Waals surface area contributed by atoms with Gasteiger partial charge in [0.25, 0.3) is 11.5 Å². The summed E-state index contributed by atoms with van der Waals surface area (Å²) in [5, 5.41) is 3.58. The van der Waals surface area contributed by atoms with Gasteiger partial charge in [0, 0.05) is 30.4 Å². The molecule has 37 heavy (non-hydrogen) atoms. The molecule has 1 N–H and O–H groups in total. The van der Waals surface area contributed by atoms with Crippen molar-refractivity contribution < 1.29 is 14.3 Å². The Kier molecular flexibility index (Phi) is 6.27. The van der Waals surface area contributed by atoms with Crippen molar-refractivity contribution in [2.75, 3.05) is 12.4 Å². The second-order valence-corrected chi connectivity index (χ2v) is 8.44. The Morgan fingerprint density at radius 3 is 2.51 bits per heavy atom. The van der Waals surface area contributed by atoms with Gasteiger partial charge in [0.05, 0.1) is 24.0 Å². The molecule has 0 aliphatic heterocycles. The summed E-state index contributed by atoms with van der Waals surface area (Å²) in [6, 6.07) is 21.4. The zero-order valence-electron chi connectivity index (χ0n) is 20.6. The highest BCUT2D eigenvalue weighted by Gasteiger charge is 2.22. The molecule has 5 aromatic rings. The van der Waals surface area contributed by atoms with Crippen LogP contribution >= 0.6 is 0 Å². The van der Waals surface area contributed by atoms with Crippen LogP contribution in [0.25, 0.3) is 16.6 Å². The second-order valence-electron chi connectivity index (χ2n) is 8.44. The number of benzene rings is 3. The normalized spacial score (nSPS) is 10.9. The number of nitrogens with one attached hydrogen (secondary N) is 1. The molecule has 0 aliphatic rings. The molecule has 0 spiro atoms. The van der Waals surface area contributed by atoms with Gasteiger partial charge in [-0.1, -0.05) is 23.7 Å². The first-order valence-electron chi connectivity index (χ1n) is 11.5. The van der Waals surface area contributed by atoms with Crippen LogP contribution in [0.2, 0.25) is 0 Å². The molecule has 8 nitrogen and oxygen atoms in total. The van der Waals surface area contributed by atoms with Gasteiger partial charge in [-0.05, 0) is 55.5 Å². The predicted molar refractivity (Wildman–Crippen MR) is 144 cm³/mol. The standard InChI is InChI=1S/C28H23BN4O4/c1-17-26(28(35)33(32(17)2)19-7-5-4-6-8-19)27(34)31-18-9-12-25(22(29)15-18)37-24-13-14-30-23-16-20(36-3)10-11-21(23)24/h4-16H,1-3H3,(H,31,34). The number of hydrogen-bond donors (Lipinski definition) is 1. The summed E-state index contributed by atoms with van der Waals surface area (Å²) < 4.78 is 14.5. The van der Waals surface area contributed by atoms with Gasteiger partial charge < -0.3 is 14.8 Å². The zero-order valence-corrected chi connectivity index (χ0v) is 20.6. The van der Waals surface area contributed by atoms with Crippen molar-refractivity contribution in [3.05, 3.63) is 101 Å². The highest BCUT2D eigenvalue weighted by atomic mass is 16.5. The third kappa shape index (κ3) is 4.47. The predicted octanol–water partition coefficient (Wildman–Crippen LogP) is 3.88. The smallest absolute Gasteiger partial charge is 0.284 e. The number of methoxy groups -OCH3 is 1. The summed E-state index contributed by atoms with van der Waals surface area (Å²) in [7, 11) is 9.59. The summed E-state index contributed by atoms with van der Waals surface area (Å²) >= 11 is 0. The van der Waals surface area contributed by atoms with E-state index >= 15 is 0 Å². The van der Waals surface area contributed by atoms with E-state index in [4.69, 9.17) is 17.3 Å². The minimum absolute atomic E-state index is 0.0592. The van der Waals surface area contributed by atoms with Crippen molar-refractivity contribution in [2.24, 2.45) is 7.05 Å². The minimum atomic E-state index is -0.519. The summed E-state index contributed by atoms with van der Waals surface area (Å²) in [6.07, 6.45) is 1.65. The van der Waals surface area contributed by atoms with Gasteiger partial charge in [0.2, 0.25) is 0 Å². The average Bonchev–Trinajstić information content (AvgIpc) is 3.13. The van der Waals surface area contributed by atoms with Crippen molar-refractivity contribution in [3.8, 4) is 22.9 Å². The van der Waals surface area contributed by atoms with Crippen molar-refractivity contribution in [1.82, 2.24) is 14.3 Å². The van der Waals surface area contributed by atoms with Crippen LogP contribution in [0.1, 0.15) is 16.1 Å². The molecule has 2 radical (unpaired) electrons. The van der Waals surface area contributed by atoms with E-state index in [9.17, 15) is 9.59 Å². The fraction of sp³-hybridized carbons (Fsp3) is 0.107. The largest absolute Gasteiger partial charge is 0.497 e. The molecular formula is C28H23BN4O4. The zero-order chi connectivity index (χ0) is 26.1. The van der Waals surface area contributed by atoms with E-state index in [0.29, 0.717) is 39.8 Å². The minimum Gasteiger partial charge on any atom is -0.497 e. The van der Waals surface area contributed by atoms with Gasteiger partial charge in [-0.2, -0.15) is 0 Å². The molecule has 5 rings (SSSR count). The molecule has 0 aliphatic carbocycles. The molecule has 0 saturated carbocycles. The number of nitrogens with zero attached hydrogens (tertiary/aromatic N) is 3. The lowest BCUT2D eigenvalue weighted by molar-refractivity contribution is 0.102. The Labute approximate surface area is 214 Å². The van der Waals surface area contributed by atoms with Crippen molar-refractivity contribution in [1.29, 1.82) is 0 Å². The van der Waals surface area contributed by atoms with Gasteiger partial charge in [-0.15, -0.1) is 0 Å². The molecule has 2 aromatic heterocycles. The highest BCUT2D eigenvalue weighted by molar-refractivity contribution is 6.34. The van der Waals surface area contributed by atoms with Gasteiger partial charge >= 0.3 is 0 Å². The number of pyridine rings is 1. The maximum atomic E-state index is 13.1. The number of hydrogen-bond acceptors (Lipinski definition) is 5. The van der Waals surface area contributed by atoms with E-state index in [-0.39, 0.29) is 5.56 Å². The molecule has 0 unspecified atom stereocenters. The first-order chi connectivity index (χ1) is 17.9. The van der Waals surface area contributed by atoms with Gasteiger partial charge in [-0.3, -0.25) is 19.3 Å². The van der Waals surface area contributed by atoms with Gasteiger partial charge in [-0.25, -0.2) is 4.68 Å². The summed E-state index contributed by atoms with van der Waals surface area (Å²) in [4.78, 5) is 30.6. The van der Waals surface area contributed by atoms with Crippen molar-refractivity contribution >= 4 is 35.8 Å². The number of para-hydroxylation sites is 1. The molecule has 1 amide bonds. The molecule has 3 aromatic carbocycles. The Balaban J connectivity index is 1.39. The van der Waals surface area contributed by atoms with Crippen LogP contribution < -0.4 is 25.8 Å². The quantitative estimate of drug-likeness (QED) is 0.365. The molecule has 0 bridgehead atoms. The third-order valence-corrected chi connectivity index (χ3v) is 6.18. The van der Waals surface area contributed by atoms with Crippen LogP contribution in [0.15, 0.2) is 83.8 Å². The number of anilines is 1. The number of fused-ring (bicyclic) bond motifs is 1. The fourth-order valence-corrected chi connectivity index (χ4v) is 4.18. The average molecular weight is 490 g/mol. The fourth-order valence-electron chi connectivity index (χ4n) is 4.18. The Bertz CT molecular complexity index is 1690. The number of amides is 1. The SMILES string of the molecule is [B]c1cc(NC(=O)c2c(C)n(C)n(-c3ccccc3)c2=O)ccc1Oc1ccnc2cc(OC)ccc12. The Morgan fingerprint density at radius 1 is 1.00 bits per heavy atom. The lowest BCUT2D eigenvalue weighted by Gasteiger charge is -2.13. The van der Waals surface area contributed by atoms with E-state index in [0.717, 1.165) is 10.9 Å². The molecule has 0 atom stereocenters. The number of aromatic nitrogens is 3. The molecule has 182 valence electrons. The Morgan fingerprint density at radius 2 is 1.78 bits per heavy atom. The van der Waals surface area contributed by atoms with E-state index < -0.39 is 11.5 Å². The number of rotatable bonds is 6. The lowest BCUT2D eigenvalue weighted by atomic mass is 9.94. The highest BCUT2D eigenvalue weighted by Crippen LogP contribution is 2.30. The van der Waals surface area contributed by atoms with Gasteiger partial charge in [0.1, 0.15) is 30.7 Å². The summed E-state index contributed by atoms with van der Waals surface area (Å²) in [6.45, 7) is 1.73. The molecule has 0 fully saturated rings. The van der Waals surface area contributed by atoms with E-state index in [1.165, 1.54) is 4.68 Å². The maximum absolute atomic E-state index is 13.1. The van der Waals surface area contributed by atoms with E-state index in [1.54, 1.807) is 56.2 Å².